The molecule has 0 saturated carbocycles. The first-order chi connectivity index (χ1) is 13.4. The van der Waals surface area contributed by atoms with Gasteiger partial charge in [0.05, 0.1) is 17.8 Å². The molecule has 3 heterocycles. The second-order valence-corrected chi connectivity index (χ2v) is 7.32. The van der Waals surface area contributed by atoms with Crippen LogP contribution in [0, 0.1) is 18.2 Å². The zero-order valence-electron chi connectivity index (χ0n) is 15.4. The van der Waals surface area contributed by atoms with Crippen molar-refractivity contribution in [3.05, 3.63) is 33.5 Å². The molecular weight excluding hydrogens is 385 g/mol. The van der Waals surface area contributed by atoms with E-state index >= 15 is 0 Å². The summed E-state index contributed by atoms with van der Waals surface area (Å²) in [6.45, 7) is 2.73. The molecule has 8 heteroatoms. The van der Waals surface area contributed by atoms with E-state index in [4.69, 9.17) is 22.8 Å². The highest BCUT2D eigenvalue weighted by Gasteiger charge is 2.33. The molecule has 0 saturated heterocycles. The van der Waals surface area contributed by atoms with Gasteiger partial charge in [-0.25, -0.2) is 9.07 Å². The Morgan fingerprint density at radius 2 is 1.96 bits per heavy atom. The third-order valence-corrected chi connectivity index (χ3v) is 5.57. The molecule has 1 aromatic carbocycles. The van der Waals surface area contributed by atoms with Gasteiger partial charge in [0, 0.05) is 24.7 Å². The van der Waals surface area contributed by atoms with Gasteiger partial charge in [0.1, 0.15) is 16.7 Å². The Hall–Kier alpha value is -2.72. The first-order valence-electron chi connectivity index (χ1n) is 9.18. The normalized spacial score (nSPS) is 18.7. The van der Waals surface area contributed by atoms with Gasteiger partial charge in [0.2, 0.25) is 0 Å². The number of halogens is 2. The summed E-state index contributed by atoms with van der Waals surface area (Å²) in [6.07, 6.45) is 7.39. The van der Waals surface area contributed by atoms with Gasteiger partial charge in [-0.1, -0.05) is 17.5 Å². The molecule has 2 aromatic rings. The Balaban J connectivity index is 1.91. The highest BCUT2D eigenvalue weighted by atomic mass is 35.5. The van der Waals surface area contributed by atoms with Crippen molar-refractivity contribution in [1.82, 2.24) is 9.36 Å². The van der Waals surface area contributed by atoms with Crippen molar-refractivity contribution in [3.63, 3.8) is 0 Å². The maximum absolute atomic E-state index is 15.0. The second-order valence-electron chi connectivity index (χ2n) is 6.97. The van der Waals surface area contributed by atoms with Crippen molar-refractivity contribution in [2.45, 2.75) is 45.4 Å². The minimum absolute atomic E-state index is 0.0174. The lowest BCUT2D eigenvalue weighted by atomic mass is 10.0. The smallest absolute Gasteiger partial charge is 0.276 e. The number of anilines is 1. The summed E-state index contributed by atoms with van der Waals surface area (Å²) in [5, 5.41) is 0.200. The predicted molar refractivity (Wildman–Crippen MR) is 104 cm³/mol. The summed E-state index contributed by atoms with van der Waals surface area (Å²) in [5.41, 5.74) is 0.121. The highest BCUT2D eigenvalue weighted by molar-refractivity contribution is 6.32. The molecule has 4 rings (SSSR count). The largest absolute Gasteiger partial charge is 0.479 e. The zero-order valence-corrected chi connectivity index (χ0v) is 16.1. The Kier molecular flexibility index (Phi) is 4.68. The fraction of sp³-hybridized carbons (Fsp3) is 0.400. The van der Waals surface area contributed by atoms with Crippen LogP contribution in [0.2, 0.25) is 5.15 Å². The first kappa shape index (κ1) is 18.6. The Morgan fingerprint density at radius 1 is 1.25 bits per heavy atom. The van der Waals surface area contributed by atoms with E-state index in [2.05, 4.69) is 5.92 Å². The van der Waals surface area contributed by atoms with Gasteiger partial charge < -0.3 is 4.74 Å². The van der Waals surface area contributed by atoms with Crippen LogP contribution in [0.25, 0.3) is 11.1 Å². The van der Waals surface area contributed by atoms with E-state index in [-0.39, 0.29) is 40.0 Å². The molecule has 0 radical (unpaired) electrons. The molecule has 2 aliphatic rings. The average molecular weight is 404 g/mol. The molecule has 1 amide bonds. The number of nitrogens with zero attached hydrogens (tertiary/aromatic N) is 3. The van der Waals surface area contributed by atoms with Crippen LogP contribution in [0.4, 0.5) is 10.1 Å². The van der Waals surface area contributed by atoms with Crippen molar-refractivity contribution in [1.29, 1.82) is 0 Å². The highest BCUT2D eigenvalue weighted by Crippen LogP contribution is 2.40. The SMILES string of the molecule is C#CCN1C(=O)C(C)Oc2cc(F)c(-c3c(Cl)n4n(c3=O)CCCCC4)cc21. The van der Waals surface area contributed by atoms with Crippen molar-refractivity contribution < 1.29 is 13.9 Å². The van der Waals surface area contributed by atoms with Crippen LogP contribution in [0.15, 0.2) is 16.9 Å². The number of terminal acetylenes is 1. The van der Waals surface area contributed by atoms with E-state index in [1.54, 1.807) is 16.3 Å². The maximum Gasteiger partial charge on any atom is 0.276 e. The van der Waals surface area contributed by atoms with E-state index < -0.39 is 11.9 Å². The van der Waals surface area contributed by atoms with E-state index in [1.807, 2.05) is 0 Å². The molecule has 0 N–H and O–H groups in total. The molecule has 1 unspecified atom stereocenters. The number of amides is 1. The molecule has 0 spiro atoms. The summed E-state index contributed by atoms with van der Waals surface area (Å²) in [5.74, 6) is 1.68. The van der Waals surface area contributed by atoms with Crippen LogP contribution >= 0.6 is 11.6 Å². The van der Waals surface area contributed by atoms with Gasteiger partial charge in [-0.15, -0.1) is 6.42 Å². The number of rotatable bonds is 2. The monoisotopic (exact) mass is 403 g/mol. The van der Waals surface area contributed by atoms with Gasteiger partial charge in [-0.05, 0) is 32.3 Å². The van der Waals surface area contributed by atoms with Gasteiger partial charge in [0.25, 0.3) is 11.5 Å². The fourth-order valence-corrected chi connectivity index (χ4v) is 4.16. The van der Waals surface area contributed by atoms with Crippen LogP contribution in [0.5, 0.6) is 5.75 Å². The summed E-state index contributed by atoms with van der Waals surface area (Å²) < 4.78 is 23.8. The predicted octanol–water partition coefficient (Wildman–Crippen LogP) is 3.04. The molecule has 0 aliphatic carbocycles. The lowest BCUT2D eigenvalue weighted by molar-refractivity contribution is -0.125. The molecule has 2 aliphatic heterocycles. The minimum Gasteiger partial charge on any atom is -0.479 e. The summed E-state index contributed by atoms with van der Waals surface area (Å²) >= 11 is 6.49. The number of carbonyl (C=O) groups is 1. The first-order valence-corrected chi connectivity index (χ1v) is 9.56. The van der Waals surface area contributed by atoms with Gasteiger partial charge in [-0.2, -0.15) is 0 Å². The summed E-state index contributed by atoms with van der Waals surface area (Å²) in [6, 6.07) is 2.61. The number of hydrogen-bond acceptors (Lipinski definition) is 3. The maximum atomic E-state index is 15.0. The van der Waals surface area contributed by atoms with Crippen molar-refractivity contribution in [2.24, 2.45) is 0 Å². The zero-order chi connectivity index (χ0) is 20.0. The summed E-state index contributed by atoms with van der Waals surface area (Å²) in [4.78, 5) is 26.8. The standard InChI is InChI=1S/C20H19ClFN3O3/c1-3-7-23-15-10-13(14(22)11-16(15)28-12(2)19(23)26)17-18(21)24-8-5-4-6-9-25(24)20(17)27/h1,10-12H,4-9H2,2H3. The number of ether oxygens (including phenoxy) is 1. The van der Waals surface area contributed by atoms with Crippen LogP contribution in [-0.4, -0.2) is 27.9 Å². The number of fused-ring (bicyclic) bond motifs is 2. The average Bonchev–Trinajstić information content (AvgIpc) is 2.84. The van der Waals surface area contributed by atoms with E-state index in [0.717, 1.165) is 19.3 Å². The van der Waals surface area contributed by atoms with Crippen LogP contribution in [-0.2, 0) is 17.9 Å². The minimum atomic E-state index is -0.772. The van der Waals surface area contributed by atoms with Crippen LogP contribution in [0.3, 0.4) is 0 Å². The van der Waals surface area contributed by atoms with Crippen molar-refractivity contribution in [3.8, 4) is 29.2 Å². The van der Waals surface area contributed by atoms with E-state index in [9.17, 15) is 14.0 Å². The van der Waals surface area contributed by atoms with E-state index in [0.29, 0.717) is 18.8 Å². The van der Waals surface area contributed by atoms with E-state index in [1.165, 1.54) is 17.0 Å². The van der Waals surface area contributed by atoms with Crippen molar-refractivity contribution in [2.75, 3.05) is 11.4 Å². The molecule has 28 heavy (non-hydrogen) atoms. The Labute approximate surface area is 166 Å². The molecule has 146 valence electrons. The molecular formula is C20H19ClFN3O3. The second kappa shape index (κ2) is 7.02. The van der Waals surface area contributed by atoms with Gasteiger partial charge in [0.15, 0.2) is 6.10 Å². The molecule has 1 atom stereocenters. The lowest BCUT2D eigenvalue weighted by Crippen LogP contribution is -2.44. The third kappa shape index (κ3) is 2.80. The molecule has 6 nitrogen and oxygen atoms in total. The number of benzene rings is 1. The number of hydrogen-bond donors (Lipinski definition) is 0. The Morgan fingerprint density at radius 3 is 2.68 bits per heavy atom. The van der Waals surface area contributed by atoms with Crippen LogP contribution < -0.4 is 15.2 Å². The summed E-state index contributed by atoms with van der Waals surface area (Å²) in [7, 11) is 0. The quantitative estimate of drug-likeness (QED) is 0.724. The lowest BCUT2D eigenvalue weighted by Gasteiger charge is -2.32. The number of carbonyl (C=O) groups excluding carboxylic acids is 1. The molecule has 0 bridgehead atoms. The topological polar surface area (TPSA) is 56.5 Å². The van der Waals surface area contributed by atoms with Gasteiger partial charge >= 0.3 is 0 Å². The van der Waals surface area contributed by atoms with Gasteiger partial charge in [-0.3, -0.25) is 19.2 Å². The Bertz CT molecular complexity index is 1070. The third-order valence-electron chi connectivity index (χ3n) is 5.19. The van der Waals surface area contributed by atoms with Crippen LogP contribution in [0.1, 0.15) is 26.2 Å². The molecule has 0 fully saturated rings. The fourth-order valence-electron chi connectivity index (χ4n) is 3.80. The molecule has 1 aromatic heterocycles. The van der Waals surface area contributed by atoms with Crippen molar-refractivity contribution >= 4 is 23.2 Å². The number of aromatic nitrogens is 2.